The Balaban J connectivity index is 1.87. The highest BCUT2D eigenvalue weighted by molar-refractivity contribution is 7.16. The van der Waals surface area contributed by atoms with Gasteiger partial charge in [0.15, 0.2) is 5.69 Å². The first-order valence-corrected chi connectivity index (χ1v) is 9.72. The summed E-state index contributed by atoms with van der Waals surface area (Å²) in [4.78, 5) is 32.3. The first-order chi connectivity index (χ1) is 12.7. The predicted molar refractivity (Wildman–Crippen MR) is 105 cm³/mol. The van der Waals surface area contributed by atoms with Gasteiger partial charge < -0.3 is 15.4 Å². The lowest BCUT2D eigenvalue weighted by Crippen LogP contribution is -2.33. The number of hydrogen-bond acceptors (Lipinski definition) is 6. The highest BCUT2D eigenvalue weighted by Crippen LogP contribution is 2.24. The fourth-order valence-electron chi connectivity index (χ4n) is 1.97. The van der Waals surface area contributed by atoms with Crippen molar-refractivity contribution in [1.82, 2.24) is 20.6 Å². The summed E-state index contributed by atoms with van der Waals surface area (Å²) in [7, 11) is 0. The van der Waals surface area contributed by atoms with E-state index in [4.69, 9.17) is 27.9 Å². The van der Waals surface area contributed by atoms with Gasteiger partial charge in [0.05, 0.1) is 22.3 Å². The maximum absolute atomic E-state index is 12.3. The number of carbonyl (C=O) groups excluding carboxylic acids is 2. The summed E-state index contributed by atoms with van der Waals surface area (Å²) in [6.45, 7) is 5.86. The van der Waals surface area contributed by atoms with Gasteiger partial charge in [0.25, 0.3) is 5.91 Å². The highest BCUT2D eigenvalue weighted by atomic mass is 35.5. The maximum Gasteiger partial charge on any atom is 0.407 e. The Kier molecular flexibility index (Phi) is 7.41. The normalized spacial score (nSPS) is 11.1. The number of ether oxygens (including phenoxy) is 1. The molecule has 2 heterocycles. The fraction of sp³-hybridized carbons (Fsp3) is 0.412. The summed E-state index contributed by atoms with van der Waals surface area (Å²) in [6, 6.07) is 3.41. The topological polar surface area (TPSA) is 93.2 Å². The maximum atomic E-state index is 12.3. The van der Waals surface area contributed by atoms with Crippen molar-refractivity contribution >= 4 is 46.5 Å². The van der Waals surface area contributed by atoms with Crippen molar-refractivity contribution in [3.8, 4) is 0 Å². The number of nitrogens with one attached hydrogen (secondary N) is 2. The van der Waals surface area contributed by atoms with Crippen LogP contribution in [0, 0.1) is 0 Å². The molecule has 0 saturated carbocycles. The van der Waals surface area contributed by atoms with E-state index in [1.54, 1.807) is 39.1 Å². The van der Waals surface area contributed by atoms with Gasteiger partial charge in [-0.3, -0.25) is 9.78 Å². The third-order valence-corrected chi connectivity index (χ3v) is 4.76. The van der Waals surface area contributed by atoms with E-state index in [0.717, 1.165) is 0 Å². The van der Waals surface area contributed by atoms with Gasteiger partial charge in [-0.2, -0.15) is 0 Å². The van der Waals surface area contributed by atoms with Gasteiger partial charge in [-0.15, -0.1) is 11.3 Å². The lowest BCUT2D eigenvalue weighted by atomic mass is 10.2. The van der Waals surface area contributed by atoms with E-state index in [-0.39, 0.29) is 16.6 Å². The molecule has 0 spiro atoms. The average molecular weight is 431 g/mol. The molecule has 2 N–H and O–H groups in total. The van der Waals surface area contributed by atoms with Crippen LogP contribution in [0.1, 0.15) is 42.0 Å². The van der Waals surface area contributed by atoms with Crippen LogP contribution in [0.5, 0.6) is 0 Å². The third kappa shape index (κ3) is 6.97. The van der Waals surface area contributed by atoms with Crippen LogP contribution in [0.15, 0.2) is 18.3 Å². The van der Waals surface area contributed by atoms with Crippen molar-refractivity contribution in [2.24, 2.45) is 0 Å². The molecule has 0 aliphatic heterocycles. The minimum absolute atomic E-state index is 0.140. The molecule has 0 atom stereocenters. The largest absolute Gasteiger partial charge is 0.444 e. The number of alkyl carbamates (subject to hydrolysis) is 1. The Hall–Kier alpha value is -1.90. The van der Waals surface area contributed by atoms with E-state index >= 15 is 0 Å². The molecule has 0 fully saturated rings. The average Bonchev–Trinajstić information content (AvgIpc) is 2.93. The summed E-state index contributed by atoms with van der Waals surface area (Å²) >= 11 is 13.3. The summed E-state index contributed by atoms with van der Waals surface area (Å²) in [5, 5.41) is 6.44. The van der Waals surface area contributed by atoms with Crippen LogP contribution in [-0.4, -0.2) is 34.1 Å². The summed E-state index contributed by atoms with van der Waals surface area (Å²) in [5.74, 6) is -0.413. The van der Waals surface area contributed by atoms with Gasteiger partial charge >= 0.3 is 6.09 Å². The fourth-order valence-corrected chi connectivity index (χ4v) is 3.34. The van der Waals surface area contributed by atoms with E-state index in [9.17, 15) is 9.59 Å². The predicted octanol–water partition coefficient (Wildman–Crippen LogP) is 3.84. The van der Waals surface area contributed by atoms with Crippen LogP contribution in [0.4, 0.5) is 4.79 Å². The molecule has 146 valence electrons. The van der Waals surface area contributed by atoms with Gasteiger partial charge in [-0.1, -0.05) is 23.2 Å². The Morgan fingerprint density at radius 3 is 2.67 bits per heavy atom. The number of hydrogen-bond donors (Lipinski definition) is 2. The first-order valence-electron chi connectivity index (χ1n) is 8.15. The lowest BCUT2D eigenvalue weighted by Gasteiger charge is -2.19. The van der Waals surface area contributed by atoms with Crippen molar-refractivity contribution in [1.29, 1.82) is 0 Å². The minimum Gasteiger partial charge on any atom is -0.444 e. The second-order valence-electron chi connectivity index (χ2n) is 6.52. The van der Waals surface area contributed by atoms with E-state index in [1.165, 1.54) is 11.3 Å². The van der Waals surface area contributed by atoms with Gasteiger partial charge in [0, 0.05) is 19.2 Å². The zero-order chi connectivity index (χ0) is 20.0. The smallest absolute Gasteiger partial charge is 0.407 e. The Morgan fingerprint density at radius 2 is 2.00 bits per heavy atom. The molecule has 0 bridgehead atoms. The number of rotatable bonds is 6. The van der Waals surface area contributed by atoms with Crippen LogP contribution < -0.4 is 10.6 Å². The van der Waals surface area contributed by atoms with Crippen LogP contribution in [0.25, 0.3) is 0 Å². The molecular formula is C17H20Cl2N4O3S. The van der Waals surface area contributed by atoms with Gasteiger partial charge in [-0.25, -0.2) is 9.78 Å². The molecule has 0 saturated heterocycles. The molecule has 0 aliphatic carbocycles. The minimum atomic E-state index is -0.559. The Morgan fingerprint density at radius 1 is 1.26 bits per heavy atom. The molecule has 2 amide bonds. The Labute approximate surface area is 171 Å². The highest BCUT2D eigenvalue weighted by Gasteiger charge is 2.18. The molecule has 2 aromatic heterocycles. The van der Waals surface area contributed by atoms with Crippen LogP contribution in [0.3, 0.4) is 0 Å². The van der Waals surface area contributed by atoms with Gasteiger partial charge in [-0.05, 0) is 32.9 Å². The van der Waals surface area contributed by atoms with E-state index in [2.05, 4.69) is 20.6 Å². The van der Waals surface area contributed by atoms with Crippen molar-refractivity contribution in [2.75, 3.05) is 6.54 Å². The third-order valence-electron chi connectivity index (χ3n) is 3.10. The summed E-state index contributed by atoms with van der Waals surface area (Å²) in [6.07, 6.45) is 1.53. The zero-order valence-corrected chi connectivity index (χ0v) is 17.5. The molecule has 2 aromatic rings. The number of halogens is 2. The molecule has 27 heavy (non-hydrogen) atoms. The van der Waals surface area contributed by atoms with Crippen molar-refractivity contribution in [2.45, 2.75) is 39.3 Å². The van der Waals surface area contributed by atoms with Gasteiger partial charge in [0.1, 0.15) is 9.94 Å². The molecular weight excluding hydrogens is 411 g/mol. The van der Waals surface area contributed by atoms with Crippen molar-refractivity contribution in [3.63, 3.8) is 0 Å². The number of nitrogens with zero attached hydrogens (tertiary/aromatic N) is 2. The molecule has 10 heteroatoms. The number of thiazole rings is 1. The number of aromatic nitrogens is 2. The summed E-state index contributed by atoms with van der Waals surface area (Å²) < 4.78 is 5.44. The zero-order valence-electron chi connectivity index (χ0n) is 15.1. The second-order valence-corrected chi connectivity index (χ2v) is 8.62. The first kappa shape index (κ1) is 21.4. The number of carbonyl (C=O) groups is 2. The standard InChI is InChI=1S/C17H20Cl2N4O3S/c1-17(2,3)26-16(25)21-8-6-12-23-13(14(19)27-12)15(24)22-9-11-10(18)5-4-7-20-11/h4-5,7H,6,8-9H2,1-3H3,(H,21,25)(H,22,24). The molecule has 0 unspecified atom stereocenters. The van der Waals surface area contributed by atoms with Crippen LogP contribution >= 0.6 is 34.5 Å². The second kappa shape index (κ2) is 9.34. The van der Waals surface area contributed by atoms with E-state index < -0.39 is 17.6 Å². The molecule has 0 aliphatic rings. The number of pyridine rings is 1. The summed E-state index contributed by atoms with van der Waals surface area (Å²) in [5.41, 5.74) is 0.137. The molecule has 7 nitrogen and oxygen atoms in total. The SMILES string of the molecule is CC(C)(C)OC(=O)NCCc1nc(C(=O)NCc2ncccc2Cl)c(Cl)s1. The number of amides is 2. The molecule has 2 rings (SSSR count). The van der Waals surface area contributed by atoms with Gasteiger partial charge in [0.2, 0.25) is 0 Å². The Bertz CT molecular complexity index is 821. The quantitative estimate of drug-likeness (QED) is 0.725. The van der Waals surface area contributed by atoms with E-state index in [0.29, 0.717) is 28.7 Å². The van der Waals surface area contributed by atoms with E-state index in [1.807, 2.05) is 0 Å². The van der Waals surface area contributed by atoms with Crippen molar-refractivity contribution in [3.05, 3.63) is 44.1 Å². The van der Waals surface area contributed by atoms with Crippen molar-refractivity contribution < 1.29 is 14.3 Å². The van der Waals surface area contributed by atoms with Crippen LogP contribution in [0.2, 0.25) is 9.36 Å². The lowest BCUT2D eigenvalue weighted by molar-refractivity contribution is 0.0528. The monoisotopic (exact) mass is 430 g/mol. The molecule has 0 radical (unpaired) electrons. The van der Waals surface area contributed by atoms with Crippen LogP contribution in [-0.2, 0) is 17.7 Å². The molecule has 0 aromatic carbocycles.